The van der Waals surface area contributed by atoms with E-state index in [0.717, 1.165) is 19.3 Å². The fourth-order valence-electron chi connectivity index (χ4n) is 2.40. The maximum absolute atomic E-state index is 12.0. The largest absolute Gasteiger partial charge is 0.349 e. The highest BCUT2D eigenvalue weighted by atomic mass is 35.7. The van der Waals surface area contributed by atoms with Crippen LogP contribution in [-0.2, 0) is 9.05 Å². The van der Waals surface area contributed by atoms with Crippen LogP contribution in [0.25, 0.3) is 0 Å². The Balaban J connectivity index is 2.11. The van der Waals surface area contributed by atoms with Gasteiger partial charge < -0.3 is 5.32 Å². The van der Waals surface area contributed by atoms with E-state index in [4.69, 9.17) is 10.7 Å². The molecule has 2 atom stereocenters. The van der Waals surface area contributed by atoms with Gasteiger partial charge in [-0.2, -0.15) is 0 Å². The number of halogens is 1. The zero-order valence-electron chi connectivity index (χ0n) is 10.6. The zero-order valence-corrected chi connectivity index (χ0v) is 12.2. The molecule has 1 amide bonds. The summed E-state index contributed by atoms with van der Waals surface area (Å²) in [7, 11) is 1.46. The van der Waals surface area contributed by atoms with Crippen molar-refractivity contribution < 1.29 is 13.2 Å². The minimum atomic E-state index is -3.80. The Morgan fingerprint density at radius 2 is 2.11 bits per heavy atom. The van der Waals surface area contributed by atoms with Crippen LogP contribution in [0.3, 0.4) is 0 Å². The molecule has 0 spiro atoms. The molecule has 0 bridgehead atoms. The summed E-state index contributed by atoms with van der Waals surface area (Å²) in [5.41, 5.74) is 0.321. The summed E-state index contributed by atoms with van der Waals surface area (Å²) in [5, 5.41) is 2.93. The predicted octanol–water partition coefficient (Wildman–Crippen LogP) is 2.53. The van der Waals surface area contributed by atoms with Crippen molar-refractivity contribution in [1.29, 1.82) is 0 Å². The molecule has 0 aromatic heterocycles. The van der Waals surface area contributed by atoms with Gasteiger partial charge in [-0.15, -0.1) is 0 Å². The molecule has 1 saturated carbocycles. The predicted molar refractivity (Wildman–Crippen MR) is 73.8 cm³/mol. The van der Waals surface area contributed by atoms with E-state index in [1.165, 1.54) is 18.2 Å². The van der Waals surface area contributed by atoms with Gasteiger partial charge in [0.05, 0.1) is 4.90 Å². The second kappa shape index (κ2) is 5.51. The van der Waals surface area contributed by atoms with Gasteiger partial charge in [0, 0.05) is 22.3 Å². The van der Waals surface area contributed by atoms with Gasteiger partial charge in [0.25, 0.3) is 15.0 Å². The number of hydrogen-bond donors (Lipinski definition) is 1. The third-order valence-corrected chi connectivity index (χ3v) is 4.76. The molecule has 0 heterocycles. The minimum absolute atomic E-state index is 0.0541. The zero-order chi connectivity index (χ0) is 14.0. The van der Waals surface area contributed by atoms with Gasteiger partial charge in [0.1, 0.15) is 0 Å². The van der Waals surface area contributed by atoms with Gasteiger partial charge in [-0.25, -0.2) is 8.42 Å². The third-order valence-electron chi connectivity index (χ3n) is 3.41. The van der Waals surface area contributed by atoms with Crippen LogP contribution in [0.2, 0.25) is 0 Å². The van der Waals surface area contributed by atoms with Crippen LogP contribution in [0.15, 0.2) is 29.2 Å². The van der Waals surface area contributed by atoms with E-state index >= 15 is 0 Å². The van der Waals surface area contributed by atoms with Gasteiger partial charge in [0.2, 0.25) is 0 Å². The summed E-state index contributed by atoms with van der Waals surface area (Å²) >= 11 is 0. The molecular formula is C13H16ClNO3S. The Bertz CT molecular complexity index is 585. The summed E-state index contributed by atoms with van der Waals surface area (Å²) in [4.78, 5) is 12.0. The Hall–Kier alpha value is -1.07. The monoisotopic (exact) mass is 301 g/mol. The van der Waals surface area contributed by atoms with Crippen molar-refractivity contribution in [1.82, 2.24) is 5.32 Å². The molecule has 1 fully saturated rings. The summed E-state index contributed by atoms with van der Waals surface area (Å²) in [6, 6.07) is 5.95. The lowest BCUT2D eigenvalue weighted by Crippen LogP contribution is -2.32. The van der Waals surface area contributed by atoms with Crippen LogP contribution < -0.4 is 5.32 Å². The molecule has 104 valence electrons. The fourth-order valence-corrected chi connectivity index (χ4v) is 3.19. The molecule has 19 heavy (non-hydrogen) atoms. The fraction of sp³-hybridized carbons (Fsp3) is 0.462. The lowest BCUT2D eigenvalue weighted by Gasteiger charge is -2.12. The van der Waals surface area contributed by atoms with Crippen LogP contribution in [0.1, 0.15) is 36.5 Å². The summed E-state index contributed by atoms with van der Waals surface area (Å²) in [5.74, 6) is 0.376. The topological polar surface area (TPSA) is 63.2 Å². The second-order valence-electron chi connectivity index (χ2n) is 5.05. The highest BCUT2D eigenvalue weighted by Gasteiger charge is 2.23. The Morgan fingerprint density at radius 3 is 2.68 bits per heavy atom. The lowest BCUT2D eigenvalue weighted by atomic mass is 10.1. The summed E-state index contributed by atoms with van der Waals surface area (Å²) in [6.07, 6.45) is 3.06. The van der Waals surface area contributed by atoms with Crippen LogP contribution >= 0.6 is 10.7 Å². The normalized spacial score (nSPS) is 23.3. The summed E-state index contributed by atoms with van der Waals surface area (Å²) in [6.45, 7) is 2.16. The maximum Gasteiger partial charge on any atom is 0.261 e. The first-order chi connectivity index (χ1) is 8.86. The molecule has 1 N–H and O–H groups in total. The number of nitrogens with one attached hydrogen (secondary N) is 1. The Morgan fingerprint density at radius 1 is 1.37 bits per heavy atom. The van der Waals surface area contributed by atoms with Crippen LogP contribution in [0.5, 0.6) is 0 Å². The molecule has 2 unspecified atom stereocenters. The molecule has 4 nitrogen and oxygen atoms in total. The minimum Gasteiger partial charge on any atom is -0.349 e. The summed E-state index contributed by atoms with van der Waals surface area (Å²) < 4.78 is 22.5. The van der Waals surface area contributed by atoms with Crippen LogP contribution in [0, 0.1) is 5.92 Å². The molecule has 0 saturated heterocycles. The van der Waals surface area contributed by atoms with Gasteiger partial charge >= 0.3 is 0 Å². The average molecular weight is 302 g/mol. The molecule has 0 aliphatic heterocycles. The van der Waals surface area contributed by atoms with E-state index in [2.05, 4.69) is 12.2 Å². The van der Waals surface area contributed by atoms with Crippen molar-refractivity contribution >= 4 is 25.6 Å². The van der Waals surface area contributed by atoms with E-state index in [0.29, 0.717) is 11.5 Å². The third kappa shape index (κ3) is 3.70. The van der Waals surface area contributed by atoms with Crippen molar-refractivity contribution in [2.75, 3.05) is 0 Å². The quantitative estimate of drug-likeness (QED) is 0.873. The molecule has 1 aliphatic rings. The van der Waals surface area contributed by atoms with Gasteiger partial charge in [-0.1, -0.05) is 13.0 Å². The van der Waals surface area contributed by atoms with Crippen LogP contribution in [0.4, 0.5) is 0 Å². The molecule has 6 heteroatoms. The van der Waals surface area contributed by atoms with E-state index < -0.39 is 9.05 Å². The number of carbonyl (C=O) groups excluding carboxylic acids is 1. The first kappa shape index (κ1) is 14.3. The van der Waals surface area contributed by atoms with E-state index in [1.54, 1.807) is 6.07 Å². The van der Waals surface area contributed by atoms with Crippen molar-refractivity contribution in [3.05, 3.63) is 29.8 Å². The highest BCUT2D eigenvalue weighted by Crippen LogP contribution is 2.25. The molecule has 1 aromatic carbocycles. The van der Waals surface area contributed by atoms with Crippen molar-refractivity contribution in [2.24, 2.45) is 5.92 Å². The van der Waals surface area contributed by atoms with Gasteiger partial charge in [0.15, 0.2) is 0 Å². The smallest absolute Gasteiger partial charge is 0.261 e. The molecule has 1 aliphatic carbocycles. The maximum atomic E-state index is 12.0. The molecule has 1 aromatic rings. The van der Waals surface area contributed by atoms with Gasteiger partial charge in [-0.05, 0) is 43.4 Å². The number of amides is 1. The number of rotatable bonds is 3. The number of hydrogen-bond acceptors (Lipinski definition) is 3. The van der Waals surface area contributed by atoms with E-state index in [1.807, 2.05) is 0 Å². The number of benzene rings is 1. The SMILES string of the molecule is CC1CCC(NC(=O)c2cccc(S(=O)(=O)Cl)c2)C1. The van der Waals surface area contributed by atoms with Crippen molar-refractivity contribution in [3.63, 3.8) is 0 Å². The van der Waals surface area contributed by atoms with Crippen molar-refractivity contribution in [3.8, 4) is 0 Å². The highest BCUT2D eigenvalue weighted by molar-refractivity contribution is 8.13. The Labute approximate surface area is 117 Å². The van der Waals surface area contributed by atoms with Crippen molar-refractivity contribution in [2.45, 2.75) is 37.1 Å². The van der Waals surface area contributed by atoms with Gasteiger partial charge in [-0.3, -0.25) is 4.79 Å². The molecule has 0 radical (unpaired) electrons. The second-order valence-corrected chi connectivity index (χ2v) is 7.62. The van der Waals surface area contributed by atoms with E-state index in [-0.39, 0.29) is 16.8 Å². The number of carbonyl (C=O) groups is 1. The molecule has 2 rings (SSSR count). The standard InChI is InChI=1S/C13H16ClNO3S/c1-9-5-6-11(7-9)15-13(16)10-3-2-4-12(8-10)19(14,17)18/h2-4,8-9,11H,5-7H2,1H3,(H,15,16). The first-order valence-electron chi connectivity index (χ1n) is 6.22. The average Bonchev–Trinajstić information content (AvgIpc) is 2.74. The first-order valence-corrected chi connectivity index (χ1v) is 8.53. The lowest BCUT2D eigenvalue weighted by molar-refractivity contribution is 0.0937. The van der Waals surface area contributed by atoms with E-state index in [9.17, 15) is 13.2 Å². The molecular weight excluding hydrogens is 286 g/mol. The Kier molecular flexibility index (Phi) is 4.16. The van der Waals surface area contributed by atoms with Crippen LogP contribution in [-0.4, -0.2) is 20.4 Å².